The van der Waals surface area contributed by atoms with Crippen molar-refractivity contribution in [2.75, 3.05) is 16.8 Å². The summed E-state index contributed by atoms with van der Waals surface area (Å²) in [5.41, 5.74) is 5.62. The molecule has 0 spiro atoms. The van der Waals surface area contributed by atoms with Crippen molar-refractivity contribution in [1.29, 1.82) is 0 Å². The van der Waals surface area contributed by atoms with Gasteiger partial charge in [-0.15, -0.1) is 11.3 Å². The number of anilines is 1. The summed E-state index contributed by atoms with van der Waals surface area (Å²) < 4.78 is 26.8. The Balaban J connectivity index is 1.47. The van der Waals surface area contributed by atoms with E-state index < -0.39 is 9.84 Å². The lowest BCUT2D eigenvalue weighted by molar-refractivity contribution is 0.102. The third-order valence-corrected chi connectivity index (χ3v) is 9.18. The number of sulfone groups is 1. The third kappa shape index (κ3) is 5.39. The standard InChI is InChI=1S/C29H25N5O3S2/c35-28(32-29-31-14-15-38-29)22-10-6-7-20(17-22)18-24-26(25-11-4-5-13-30-25)33-34(23-12-16-39(36,37)19-23)27(24)21-8-2-1-3-9-21/h1-11,13-15,17,23H,12,16,18-19H2,(H,31,32,35). The van der Waals surface area contributed by atoms with Crippen LogP contribution in [0.4, 0.5) is 5.13 Å². The number of amides is 1. The number of nitrogens with one attached hydrogen (secondary N) is 1. The maximum atomic E-state index is 12.9. The number of thiazole rings is 1. The minimum atomic E-state index is -3.13. The molecule has 0 radical (unpaired) electrons. The van der Waals surface area contributed by atoms with E-state index in [1.165, 1.54) is 11.3 Å². The largest absolute Gasteiger partial charge is 0.298 e. The number of aromatic nitrogens is 4. The summed E-state index contributed by atoms with van der Waals surface area (Å²) >= 11 is 1.36. The fourth-order valence-corrected chi connectivity index (χ4v) is 7.18. The molecule has 4 heterocycles. The fourth-order valence-electron chi connectivity index (χ4n) is 4.96. The lowest BCUT2D eigenvalue weighted by Gasteiger charge is -2.15. The van der Waals surface area contributed by atoms with Crippen LogP contribution in [0.25, 0.3) is 22.6 Å². The topological polar surface area (TPSA) is 107 Å². The van der Waals surface area contributed by atoms with Gasteiger partial charge in [-0.3, -0.25) is 19.8 Å². The highest BCUT2D eigenvalue weighted by molar-refractivity contribution is 7.91. The molecule has 8 nitrogen and oxygen atoms in total. The first kappa shape index (κ1) is 25.1. The van der Waals surface area contributed by atoms with Gasteiger partial charge in [0.05, 0.1) is 28.9 Å². The van der Waals surface area contributed by atoms with E-state index in [0.717, 1.165) is 22.4 Å². The van der Waals surface area contributed by atoms with Gasteiger partial charge in [0.1, 0.15) is 5.69 Å². The summed E-state index contributed by atoms with van der Waals surface area (Å²) in [6.45, 7) is 0. The first-order valence-corrected chi connectivity index (χ1v) is 15.3. The average molecular weight is 556 g/mol. The number of nitrogens with zero attached hydrogens (tertiary/aromatic N) is 4. The van der Waals surface area contributed by atoms with E-state index in [1.54, 1.807) is 18.5 Å². The molecule has 0 bridgehead atoms. The highest BCUT2D eigenvalue weighted by atomic mass is 32.2. The van der Waals surface area contributed by atoms with Crippen molar-refractivity contribution >= 4 is 32.2 Å². The van der Waals surface area contributed by atoms with E-state index in [0.29, 0.717) is 34.9 Å². The second-order valence-electron chi connectivity index (χ2n) is 9.43. The molecular formula is C29H25N5O3S2. The Morgan fingerprint density at radius 3 is 2.56 bits per heavy atom. The highest BCUT2D eigenvalue weighted by Crippen LogP contribution is 2.37. The van der Waals surface area contributed by atoms with Gasteiger partial charge in [-0.25, -0.2) is 13.4 Å². The van der Waals surface area contributed by atoms with Crippen molar-refractivity contribution in [1.82, 2.24) is 19.7 Å². The molecule has 6 rings (SSSR count). The van der Waals surface area contributed by atoms with Gasteiger partial charge < -0.3 is 0 Å². The molecule has 3 aromatic heterocycles. The Kier molecular flexibility index (Phi) is 6.80. The molecule has 39 heavy (non-hydrogen) atoms. The van der Waals surface area contributed by atoms with Gasteiger partial charge in [-0.1, -0.05) is 48.5 Å². The number of hydrogen-bond donors (Lipinski definition) is 1. The molecular weight excluding hydrogens is 530 g/mol. The summed E-state index contributed by atoms with van der Waals surface area (Å²) in [5, 5.41) is 10.2. The minimum absolute atomic E-state index is 0.0576. The van der Waals surface area contributed by atoms with Crippen LogP contribution in [0.2, 0.25) is 0 Å². The maximum Gasteiger partial charge on any atom is 0.257 e. The van der Waals surface area contributed by atoms with Crippen LogP contribution in [-0.2, 0) is 16.3 Å². The molecule has 1 aliphatic heterocycles. The SMILES string of the molecule is O=C(Nc1nccs1)c1cccc(Cc2c(-c3ccccn3)nn(C3CCS(=O)(=O)C3)c2-c2ccccc2)c1. The molecule has 2 aromatic carbocycles. The van der Waals surface area contributed by atoms with Crippen molar-refractivity contribution < 1.29 is 13.2 Å². The lowest BCUT2D eigenvalue weighted by atomic mass is 9.96. The van der Waals surface area contributed by atoms with E-state index >= 15 is 0 Å². The van der Waals surface area contributed by atoms with Gasteiger partial charge in [0.2, 0.25) is 0 Å². The van der Waals surface area contributed by atoms with Crippen LogP contribution < -0.4 is 5.32 Å². The molecule has 1 saturated heterocycles. The van der Waals surface area contributed by atoms with E-state index in [9.17, 15) is 13.2 Å². The Labute approximate surface area is 230 Å². The molecule has 1 unspecified atom stereocenters. The molecule has 10 heteroatoms. The summed E-state index contributed by atoms with van der Waals surface area (Å²) in [5.74, 6) is -0.0231. The van der Waals surface area contributed by atoms with Crippen molar-refractivity contribution in [3.05, 3.63) is 107 Å². The van der Waals surface area contributed by atoms with Gasteiger partial charge in [0.25, 0.3) is 5.91 Å². The Morgan fingerprint density at radius 1 is 1.00 bits per heavy atom. The van der Waals surface area contributed by atoms with Crippen LogP contribution in [-0.4, -0.2) is 45.6 Å². The zero-order valence-electron chi connectivity index (χ0n) is 20.9. The second-order valence-corrected chi connectivity index (χ2v) is 12.6. The normalized spacial score (nSPS) is 16.3. The number of rotatable bonds is 7. The number of pyridine rings is 1. The average Bonchev–Trinajstić information content (AvgIpc) is 3.69. The van der Waals surface area contributed by atoms with E-state index in [-0.39, 0.29) is 23.5 Å². The fraction of sp³-hybridized carbons (Fsp3) is 0.172. The molecule has 196 valence electrons. The molecule has 1 fully saturated rings. The second kappa shape index (κ2) is 10.5. The molecule has 0 saturated carbocycles. The van der Waals surface area contributed by atoms with Crippen molar-refractivity contribution in [3.63, 3.8) is 0 Å². The Morgan fingerprint density at radius 2 is 1.85 bits per heavy atom. The zero-order valence-corrected chi connectivity index (χ0v) is 22.5. The predicted molar refractivity (Wildman–Crippen MR) is 153 cm³/mol. The van der Waals surface area contributed by atoms with Crippen LogP contribution in [0.5, 0.6) is 0 Å². The first-order chi connectivity index (χ1) is 19.0. The van der Waals surface area contributed by atoms with Gasteiger partial charge >= 0.3 is 0 Å². The van der Waals surface area contributed by atoms with E-state index in [2.05, 4.69) is 15.3 Å². The van der Waals surface area contributed by atoms with Crippen molar-refractivity contribution in [2.24, 2.45) is 0 Å². The molecule has 1 aliphatic rings. The number of hydrogen-bond acceptors (Lipinski definition) is 7. The van der Waals surface area contributed by atoms with Crippen LogP contribution in [0.15, 0.2) is 90.6 Å². The molecule has 1 N–H and O–H groups in total. The quantitative estimate of drug-likeness (QED) is 0.293. The van der Waals surface area contributed by atoms with E-state index in [1.807, 2.05) is 76.8 Å². The van der Waals surface area contributed by atoms with Crippen LogP contribution in [0.3, 0.4) is 0 Å². The minimum Gasteiger partial charge on any atom is -0.298 e. The molecule has 1 amide bonds. The monoisotopic (exact) mass is 555 g/mol. The Hall–Kier alpha value is -4.15. The molecule has 5 aromatic rings. The van der Waals surface area contributed by atoms with Crippen LogP contribution >= 0.6 is 11.3 Å². The van der Waals surface area contributed by atoms with Crippen molar-refractivity contribution in [3.8, 4) is 22.6 Å². The van der Waals surface area contributed by atoms with Crippen LogP contribution in [0.1, 0.15) is 33.9 Å². The smallest absolute Gasteiger partial charge is 0.257 e. The van der Waals surface area contributed by atoms with Gasteiger partial charge in [-0.05, 0) is 36.2 Å². The maximum absolute atomic E-state index is 12.9. The van der Waals surface area contributed by atoms with Gasteiger partial charge in [0, 0.05) is 40.9 Å². The summed E-state index contributed by atoms with van der Waals surface area (Å²) in [7, 11) is -3.13. The number of benzene rings is 2. The molecule has 1 atom stereocenters. The first-order valence-electron chi connectivity index (χ1n) is 12.6. The Bertz CT molecular complexity index is 1720. The molecule has 0 aliphatic carbocycles. The van der Waals surface area contributed by atoms with Gasteiger partial charge in [-0.2, -0.15) is 5.10 Å². The summed E-state index contributed by atoms with van der Waals surface area (Å²) in [6, 6.07) is 22.8. The van der Waals surface area contributed by atoms with Crippen LogP contribution in [0, 0.1) is 0 Å². The zero-order chi connectivity index (χ0) is 26.8. The lowest BCUT2D eigenvalue weighted by Crippen LogP contribution is -2.14. The predicted octanol–water partition coefficient (Wildman–Crippen LogP) is 5.27. The van der Waals surface area contributed by atoms with Crippen molar-refractivity contribution in [2.45, 2.75) is 18.9 Å². The number of carbonyl (C=O) groups excluding carboxylic acids is 1. The third-order valence-electron chi connectivity index (χ3n) is 6.74. The number of carbonyl (C=O) groups is 1. The summed E-state index contributed by atoms with van der Waals surface area (Å²) in [4.78, 5) is 21.6. The van der Waals surface area contributed by atoms with Gasteiger partial charge in [0.15, 0.2) is 15.0 Å². The summed E-state index contributed by atoms with van der Waals surface area (Å²) in [6.07, 6.45) is 4.36. The highest BCUT2D eigenvalue weighted by Gasteiger charge is 2.33. The van der Waals surface area contributed by atoms with E-state index in [4.69, 9.17) is 5.10 Å².